The monoisotopic (exact) mass is 996 g/mol. The van der Waals surface area contributed by atoms with E-state index in [1.165, 1.54) is 113 Å². The molecule has 3 aliphatic heterocycles. The van der Waals surface area contributed by atoms with Gasteiger partial charge in [-0.1, -0.05) is 189 Å². The third-order valence-electron chi connectivity index (χ3n) is 18.3. The fraction of sp³-hybridized carbons (Fsp3) is 0.333. The van der Waals surface area contributed by atoms with Crippen LogP contribution in [0.3, 0.4) is 0 Å². The highest BCUT2D eigenvalue weighted by molar-refractivity contribution is 6.93. The summed E-state index contributed by atoms with van der Waals surface area (Å²) >= 11 is 0. The smallest absolute Gasteiger partial charge is 0.333 e. The van der Waals surface area contributed by atoms with Crippen molar-refractivity contribution in [1.29, 1.82) is 0 Å². The van der Waals surface area contributed by atoms with Crippen molar-refractivity contribution in [1.82, 2.24) is 0 Å². The number of hydrogen-bond donors (Lipinski definition) is 0. The fourth-order valence-electron chi connectivity index (χ4n) is 13.5. The number of aryl methyl sites for hydroxylation is 1. The molecular weight excluding hydrogens is 918 g/mol. The van der Waals surface area contributed by atoms with Gasteiger partial charge in [0.05, 0.1) is 5.69 Å². The number of hydrogen-bond acceptors (Lipinski definition) is 3. The number of benzene rings is 8. The molecule has 76 heavy (non-hydrogen) atoms. The first kappa shape index (κ1) is 50.1. The van der Waals surface area contributed by atoms with Crippen molar-refractivity contribution in [3.63, 3.8) is 0 Å². The number of rotatable bonds is 5. The summed E-state index contributed by atoms with van der Waals surface area (Å²) in [7, 11) is 0. The molecule has 1 aliphatic carbocycles. The van der Waals surface area contributed by atoms with Crippen molar-refractivity contribution >= 4 is 63.3 Å². The molecular formula is C72H78BN3. The van der Waals surface area contributed by atoms with E-state index in [1.54, 1.807) is 0 Å². The van der Waals surface area contributed by atoms with Gasteiger partial charge in [0.2, 0.25) is 0 Å². The van der Waals surface area contributed by atoms with Crippen LogP contribution in [0.2, 0.25) is 0 Å². The van der Waals surface area contributed by atoms with Gasteiger partial charge >= 0.3 is 6.85 Å². The molecule has 0 N–H and O–H groups in total. The summed E-state index contributed by atoms with van der Waals surface area (Å²) < 4.78 is 0. The van der Waals surface area contributed by atoms with Gasteiger partial charge in [-0.3, -0.25) is 0 Å². The first-order valence-electron chi connectivity index (χ1n) is 28.2. The van der Waals surface area contributed by atoms with Gasteiger partial charge in [-0.25, -0.2) is 0 Å². The summed E-state index contributed by atoms with van der Waals surface area (Å²) in [6.07, 6.45) is 2.35. The van der Waals surface area contributed by atoms with Crippen LogP contribution in [0, 0.1) is 6.92 Å². The molecule has 0 radical (unpaired) electrons. The summed E-state index contributed by atoms with van der Waals surface area (Å²) in [5, 5.41) is 0. The number of fused-ring (bicyclic) bond motifs is 7. The maximum atomic E-state index is 2.73. The highest BCUT2D eigenvalue weighted by Crippen LogP contribution is 2.59. The van der Waals surface area contributed by atoms with Crippen LogP contribution in [-0.2, 0) is 32.5 Å². The first-order valence-corrected chi connectivity index (χ1v) is 28.2. The lowest BCUT2D eigenvalue weighted by molar-refractivity contribution is 0.331. The molecule has 4 aliphatic rings. The average Bonchev–Trinajstić information content (AvgIpc) is 3.53. The topological polar surface area (TPSA) is 9.72 Å². The lowest BCUT2D eigenvalue weighted by atomic mass is 9.42. The lowest BCUT2D eigenvalue weighted by Crippen LogP contribution is -2.62. The van der Waals surface area contributed by atoms with Crippen LogP contribution in [0.4, 0.5) is 45.5 Å². The minimum Gasteiger partial charge on any atom is -0.376 e. The van der Waals surface area contributed by atoms with Crippen molar-refractivity contribution in [3.8, 4) is 22.3 Å². The van der Waals surface area contributed by atoms with E-state index in [9.17, 15) is 0 Å². The van der Waals surface area contributed by atoms with E-state index in [0.29, 0.717) is 0 Å². The molecule has 384 valence electrons. The highest BCUT2D eigenvalue weighted by Gasteiger charge is 2.51. The van der Waals surface area contributed by atoms with E-state index in [0.717, 1.165) is 23.5 Å². The molecule has 0 bridgehead atoms. The summed E-state index contributed by atoms with van der Waals surface area (Å²) in [6.45, 7) is 37.8. The molecule has 0 aromatic heterocycles. The Morgan fingerprint density at radius 1 is 0.447 bits per heavy atom. The average molecular weight is 996 g/mol. The van der Waals surface area contributed by atoms with E-state index in [2.05, 4.69) is 283 Å². The lowest BCUT2D eigenvalue weighted by Gasteiger charge is -2.52. The summed E-state index contributed by atoms with van der Waals surface area (Å²) in [5.74, 6) is 0. The fourth-order valence-corrected chi connectivity index (χ4v) is 13.5. The molecule has 3 nitrogen and oxygen atoms in total. The second kappa shape index (κ2) is 16.9. The Balaban J connectivity index is 1.18. The Morgan fingerprint density at radius 3 is 1.55 bits per heavy atom. The zero-order valence-corrected chi connectivity index (χ0v) is 48.3. The minimum absolute atomic E-state index is 0.0182. The van der Waals surface area contributed by atoms with Gasteiger partial charge in [-0.2, -0.15) is 0 Å². The van der Waals surface area contributed by atoms with Gasteiger partial charge in [0.25, 0.3) is 0 Å². The van der Waals surface area contributed by atoms with Crippen LogP contribution in [0.1, 0.15) is 161 Å². The molecule has 4 heteroatoms. The zero-order valence-electron chi connectivity index (χ0n) is 48.3. The normalized spacial score (nSPS) is 16.6. The molecule has 0 saturated carbocycles. The Labute approximate surface area is 456 Å². The quantitative estimate of drug-likeness (QED) is 0.159. The van der Waals surface area contributed by atoms with E-state index in [4.69, 9.17) is 0 Å². The van der Waals surface area contributed by atoms with Crippen LogP contribution in [0.5, 0.6) is 0 Å². The van der Waals surface area contributed by atoms with Gasteiger partial charge in [-0.05, 0) is 192 Å². The molecule has 3 heterocycles. The Hall–Kier alpha value is -6.78. The molecule has 0 unspecified atom stereocenters. The molecule has 0 spiro atoms. The highest BCUT2D eigenvalue weighted by atomic mass is 15.2. The van der Waals surface area contributed by atoms with Crippen molar-refractivity contribution in [2.45, 2.75) is 156 Å². The van der Waals surface area contributed by atoms with Gasteiger partial charge < -0.3 is 14.6 Å². The Morgan fingerprint density at radius 2 is 0.987 bits per heavy atom. The molecule has 0 amide bonds. The second-order valence-electron chi connectivity index (χ2n) is 27.9. The standard InChI is InChI=1S/C72H78BN3/c1-45-20-17-18-21-54(45)46-40-56-55-42-53(74(50-30-24-47(25-31-50)67(2,3)4)51-32-26-48(27-33-51)68(5,6)7)36-37-62(55)76(52-34-28-49(29-35-52)69(8,9)10)73-61-23-19-22-57-66(61)75(64(41-46)65(56)73)63-44-59-58(43-60(63)72(57,15)16)70(11,12)38-39-71(59,13)14/h17-37,40-44H,38-39H2,1-16H3. The van der Waals surface area contributed by atoms with E-state index in [-0.39, 0.29) is 39.3 Å². The van der Waals surface area contributed by atoms with Crippen LogP contribution >= 0.6 is 0 Å². The minimum atomic E-state index is -0.252. The second-order valence-corrected chi connectivity index (χ2v) is 27.9. The van der Waals surface area contributed by atoms with Crippen molar-refractivity contribution in [2.75, 3.05) is 14.6 Å². The van der Waals surface area contributed by atoms with Gasteiger partial charge in [0, 0.05) is 50.8 Å². The van der Waals surface area contributed by atoms with Crippen LogP contribution in [0.25, 0.3) is 22.3 Å². The van der Waals surface area contributed by atoms with Gasteiger partial charge in [0.15, 0.2) is 0 Å². The SMILES string of the molecule is Cc1ccccc1-c1cc2c3c(c1)N1c4cc5c(cc4C(C)(C)c4cccc(c41)B3N(c1ccc(C(C)(C)C)cc1)c1ccc(N(c3ccc(C(C)(C)C)cc3)c3ccc(C(C)(C)C)cc3)cc1-2)C(C)(C)CCC5(C)C. The number of anilines is 8. The molecule has 0 atom stereocenters. The third-order valence-corrected chi connectivity index (χ3v) is 18.3. The Bertz CT molecular complexity index is 3570. The largest absolute Gasteiger partial charge is 0.376 e. The van der Waals surface area contributed by atoms with Crippen LogP contribution in [-0.4, -0.2) is 6.85 Å². The van der Waals surface area contributed by atoms with E-state index in [1.807, 2.05) is 0 Å². The summed E-state index contributed by atoms with van der Waals surface area (Å²) in [4.78, 5) is 7.90. The van der Waals surface area contributed by atoms with E-state index >= 15 is 0 Å². The summed E-state index contributed by atoms with van der Waals surface area (Å²) in [5.41, 5.74) is 28.5. The Kier molecular flexibility index (Phi) is 11.1. The van der Waals surface area contributed by atoms with Gasteiger partial charge in [-0.15, -0.1) is 0 Å². The van der Waals surface area contributed by atoms with Crippen LogP contribution in [0.15, 0.2) is 158 Å². The van der Waals surface area contributed by atoms with Crippen molar-refractivity contribution in [2.24, 2.45) is 0 Å². The van der Waals surface area contributed by atoms with E-state index < -0.39 is 0 Å². The van der Waals surface area contributed by atoms with Crippen molar-refractivity contribution in [3.05, 3.63) is 202 Å². The maximum Gasteiger partial charge on any atom is 0.333 e. The number of para-hydroxylation sites is 1. The maximum absolute atomic E-state index is 2.73. The predicted octanol–water partition coefficient (Wildman–Crippen LogP) is 18.7. The molecule has 8 aromatic rings. The summed E-state index contributed by atoms with van der Waals surface area (Å²) in [6, 6.07) is 62.0. The molecule has 0 fully saturated rings. The van der Waals surface area contributed by atoms with Crippen LogP contribution < -0.4 is 25.5 Å². The molecule has 12 rings (SSSR count). The van der Waals surface area contributed by atoms with Crippen molar-refractivity contribution < 1.29 is 0 Å². The first-order chi connectivity index (χ1) is 35.7. The zero-order chi connectivity index (χ0) is 53.8. The third kappa shape index (κ3) is 7.82. The predicted molar refractivity (Wildman–Crippen MR) is 329 cm³/mol. The van der Waals surface area contributed by atoms with Gasteiger partial charge in [0.1, 0.15) is 0 Å². The number of nitrogens with zero attached hydrogens (tertiary/aromatic N) is 3. The molecule has 0 saturated heterocycles. The molecule has 8 aromatic carbocycles.